The largest absolute Gasteiger partial charge is 0.473 e. The van der Waals surface area contributed by atoms with Crippen LogP contribution >= 0.6 is 0 Å². The van der Waals surface area contributed by atoms with Gasteiger partial charge in [-0.2, -0.15) is 16.8 Å². The minimum Gasteiger partial charge on any atom is -0.473 e. The minimum absolute atomic E-state index is 0.0142. The monoisotopic (exact) mass is 642 g/mol. The second kappa shape index (κ2) is 10.1. The first-order valence-corrected chi connectivity index (χ1v) is 16.3. The predicted octanol–water partition coefficient (Wildman–Crippen LogP) is 4.01. The quantitative estimate of drug-likeness (QED) is 0.178. The van der Waals surface area contributed by atoms with Crippen molar-refractivity contribution >= 4 is 54.0 Å². The number of carbonyl (C=O) groups is 1. The molecule has 1 aliphatic heterocycles. The lowest BCUT2D eigenvalue weighted by Crippen LogP contribution is -2.33. The van der Waals surface area contributed by atoms with Crippen molar-refractivity contribution in [3.63, 3.8) is 0 Å². The van der Waals surface area contributed by atoms with Gasteiger partial charge in [0.1, 0.15) is 10.6 Å². The number of hydrogen-bond acceptors (Lipinski definition) is 9. The van der Waals surface area contributed by atoms with E-state index in [1.807, 2.05) is 0 Å². The van der Waals surface area contributed by atoms with E-state index in [1.165, 1.54) is 35.9 Å². The number of amidine groups is 1. The molecule has 226 valence electrons. The number of nitrogens with one attached hydrogen (secondary N) is 2. The second-order valence-corrected chi connectivity index (χ2v) is 13.3. The summed E-state index contributed by atoms with van der Waals surface area (Å²) in [5, 5.41) is 6.49. The van der Waals surface area contributed by atoms with Crippen molar-refractivity contribution in [2.75, 3.05) is 17.4 Å². The lowest BCUT2D eigenvalue weighted by Gasteiger charge is -2.27. The standard InChI is InChI=1S/C31H22N4O8S2/c1-35-23-14-13-22(32-16-43-17-7-6-8-18(15-17)45(40,41)42)26-27(23)25(19-9-2-3-10-20(19)29(26)36)28(31(35)37)30-33-21-11-4-5-12-24(21)44(38,39)34-30/h2-15,32H,16H2,1H3,(H,33,34)(H,40,41,42). The van der Waals surface area contributed by atoms with Gasteiger partial charge >= 0.3 is 0 Å². The van der Waals surface area contributed by atoms with Gasteiger partial charge in [0, 0.05) is 35.3 Å². The summed E-state index contributed by atoms with van der Waals surface area (Å²) in [5.74, 6) is -0.348. The molecule has 5 aromatic rings. The van der Waals surface area contributed by atoms with Gasteiger partial charge in [0.2, 0.25) is 0 Å². The van der Waals surface area contributed by atoms with Gasteiger partial charge in [-0.25, -0.2) is 0 Å². The number of sulfonamides is 1. The molecule has 7 rings (SSSR count). The number of benzene rings is 4. The number of ether oxygens (including phenoxy) is 1. The van der Waals surface area contributed by atoms with E-state index in [0.29, 0.717) is 33.3 Å². The van der Waals surface area contributed by atoms with Crippen LogP contribution in [0.1, 0.15) is 21.5 Å². The average molecular weight is 643 g/mol. The molecule has 0 amide bonds. The average Bonchev–Trinajstić information content (AvgIpc) is 3.01. The second-order valence-electron chi connectivity index (χ2n) is 10.3. The van der Waals surface area contributed by atoms with Crippen molar-refractivity contribution in [1.82, 2.24) is 4.57 Å². The fraction of sp³-hybridized carbons (Fsp3) is 0.0645. The Bertz CT molecular complexity index is 2430. The van der Waals surface area contributed by atoms with Crippen LogP contribution in [0.15, 0.2) is 104 Å². The molecule has 3 N–H and O–H groups in total. The number of hydrogen-bond donors (Lipinski definition) is 3. The Morgan fingerprint density at radius 2 is 1.64 bits per heavy atom. The zero-order chi connectivity index (χ0) is 31.7. The molecule has 0 saturated heterocycles. The molecule has 1 aliphatic carbocycles. The minimum atomic E-state index is -4.44. The van der Waals surface area contributed by atoms with Crippen LogP contribution in [0.25, 0.3) is 22.0 Å². The molecule has 14 heteroatoms. The van der Waals surface area contributed by atoms with Gasteiger partial charge in [-0.15, -0.1) is 4.40 Å². The van der Waals surface area contributed by atoms with Gasteiger partial charge < -0.3 is 19.9 Å². The van der Waals surface area contributed by atoms with Gasteiger partial charge in [-0.3, -0.25) is 14.1 Å². The number of ketones is 1. The zero-order valence-electron chi connectivity index (χ0n) is 23.3. The summed E-state index contributed by atoms with van der Waals surface area (Å²) in [6.07, 6.45) is 0. The molecule has 0 radical (unpaired) electrons. The van der Waals surface area contributed by atoms with Crippen LogP contribution in [0.3, 0.4) is 0 Å². The van der Waals surface area contributed by atoms with Crippen LogP contribution in [0.5, 0.6) is 5.75 Å². The van der Waals surface area contributed by atoms with E-state index < -0.39 is 25.7 Å². The first-order valence-electron chi connectivity index (χ1n) is 13.4. The first-order chi connectivity index (χ1) is 21.5. The summed E-state index contributed by atoms with van der Waals surface area (Å²) < 4.78 is 69.8. The summed E-state index contributed by atoms with van der Waals surface area (Å²) in [6, 6.07) is 21.6. The number of rotatable bonds is 6. The number of aromatic nitrogens is 1. The highest BCUT2D eigenvalue weighted by atomic mass is 32.2. The highest BCUT2D eigenvalue weighted by Gasteiger charge is 2.35. The van der Waals surface area contributed by atoms with Gasteiger partial charge in [0.25, 0.3) is 25.7 Å². The van der Waals surface area contributed by atoms with E-state index in [1.54, 1.807) is 54.6 Å². The van der Waals surface area contributed by atoms with Crippen molar-refractivity contribution in [1.29, 1.82) is 0 Å². The maximum absolute atomic E-state index is 14.0. The van der Waals surface area contributed by atoms with E-state index in [2.05, 4.69) is 15.0 Å². The van der Waals surface area contributed by atoms with Gasteiger partial charge in [-0.1, -0.05) is 42.5 Å². The maximum atomic E-state index is 14.0. The zero-order valence-corrected chi connectivity index (χ0v) is 24.9. The Balaban J connectivity index is 1.41. The van der Waals surface area contributed by atoms with Gasteiger partial charge in [0.05, 0.1) is 27.2 Å². The van der Waals surface area contributed by atoms with Crippen molar-refractivity contribution in [2.45, 2.75) is 9.79 Å². The van der Waals surface area contributed by atoms with E-state index in [9.17, 15) is 31.0 Å². The highest BCUT2D eigenvalue weighted by Crippen LogP contribution is 2.44. The lowest BCUT2D eigenvalue weighted by atomic mass is 9.81. The molecule has 0 unspecified atom stereocenters. The summed E-state index contributed by atoms with van der Waals surface area (Å²) >= 11 is 0. The lowest BCUT2D eigenvalue weighted by molar-refractivity contribution is 0.104. The van der Waals surface area contributed by atoms with Gasteiger partial charge in [-0.05, 0) is 42.0 Å². The Morgan fingerprint density at radius 3 is 2.42 bits per heavy atom. The molecule has 0 spiro atoms. The molecule has 12 nitrogen and oxygen atoms in total. The SMILES string of the molecule is Cn1c(=O)c(C2=NS(=O)(=O)c3ccccc3N2)c2c3c(c(NCOc4cccc(S(=O)(=O)O)c4)ccc31)C(=O)c1ccccc1-2. The highest BCUT2D eigenvalue weighted by molar-refractivity contribution is 7.90. The summed E-state index contributed by atoms with van der Waals surface area (Å²) in [6.45, 7) is -0.195. The first kappa shape index (κ1) is 28.5. The number of nitrogens with zero attached hydrogens (tertiary/aromatic N) is 2. The Labute approximate surface area is 256 Å². The third-order valence-electron chi connectivity index (χ3n) is 7.70. The Hall–Kier alpha value is -5.31. The molecule has 45 heavy (non-hydrogen) atoms. The Morgan fingerprint density at radius 1 is 0.911 bits per heavy atom. The molecule has 0 fully saturated rings. The Kier molecular flexibility index (Phi) is 6.40. The van der Waals surface area contributed by atoms with Crippen molar-refractivity contribution in [2.24, 2.45) is 11.4 Å². The van der Waals surface area contributed by atoms with E-state index in [-0.39, 0.29) is 50.7 Å². The molecule has 4 aromatic carbocycles. The van der Waals surface area contributed by atoms with E-state index in [4.69, 9.17) is 4.74 Å². The number of anilines is 2. The molecule has 0 bridgehead atoms. The smallest absolute Gasteiger partial charge is 0.294 e. The third kappa shape index (κ3) is 4.58. The van der Waals surface area contributed by atoms with Crippen LogP contribution < -0.4 is 20.9 Å². The maximum Gasteiger partial charge on any atom is 0.294 e. The van der Waals surface area contributed by atoms with Crippen LogP contribution in [0.2, 0.25) is 0 Å². The molecule has 2 heterocycles. The number of para-hydroxylation sites is 1. The molecular weight excluding hydrogens is 620 g/mol. The van der Waals surface area contributed by atoms with Crippen LogP contribution in [-0.2, 0) is 27.2 Å². The number of aryl methyl sites for hydroxylation is 1. The molecule has 0 atom stereocenters. The predicted molar refractivity (Wildman–Crippen MR) is 167 cm³/mol. The summed E-state index contributed by atoms with van der Waals surface area (Å²) in [4.78, 5) is 27.7. The topological polar surface area (TPSA) is 173 Å². The number of carbonyl (C=O) groups excluding carboxylic acids is 1. The normalized spacial score (nSPS) is 14.6. The fourth-order valence-corrected chi connectivity index (χ4v) is 7.32. The van der Waals surface area contributed by atoms with Crippen LogP contribution in [0, 0.1) is 0 Å². The molecular formula is C31H22N4O8S2. The van der Waals surface area contributed by atoms with Gasteiger partial charge in [0.15, 0.2) is 18.3 Å². The summed E-state index contributed by atoms with van der Waals surface area (Å²) in [5.41, 5.74) is 1.86. The van der Waals surface area contributed by atoms with Crippen LogP contribution in [0.4, 0.5) is 11.4 Å². The number of fused-ring (bicyclic) bond motifs is 3. The van der Waals surface area contributed by atoms with E-state index in [0.717, 1.165) is 6.07 Å². The van der Waals surface area contributed by atoms with E-state index >= 15 is 0 Å². The number of pyridine rings is 1. The molecule has 2 aliphatic rings. The van der Waals surface area contributed by atoms with Crippen LogP contribution in [-0.4, -0.2) is 44.3 Å². The molecule has 0 saturated carbocycles. The fourth-order valence-electron chi connectivity index (χ4n) is 5.68. The molecule has 1 aromatic heterocycles. The van der Waals surface area contributed by atoms with Crippen molar-refractivity contribution in [3.8, 4) is 16.9 Å². The van der Waals surface area contributed by atoms with Crippen molar-refractivity contribution < 1.29 is 30.9 Å². The third-order valence-corrected chi connectivity index (χ3v) is 9.89. The summed E-state index contributed by atoms with van der Waals surface area (Å²) in [7, 11) is -7.07. The van der Waals surface area contributed by atoms with Crippen molar-refractivity contribution in [3.05, 3.63) is 112 Å².